The van der Waals surface area contributed by atoms with Crippen molar-refractivity contribution in [3.63, 3.8) is 0 Å². The molecular formula is C14H17BrN2O. The van der Waals surface area contributed by atoms with Gasteiger partial charge in [0.1, 0.15) is 16.2 Å². The molecule has 2 aromatic rings. The fraction of sp³-hybridized carbons (Fsp3) is 0.357. The lowest BCUT2D eigenvalue weighted by atomic mass is 10.1. The van der Waals surface area contributed by atoms with Crippen molar-refractivity contribution in [2.45, 2.75) is 20.3 Å². The molecule has 96 valence electrons. The van der Waals surface area contributed by atoms with E-state index in [1.165, 1.54) is 5.56 Å². The van der Waals surface area contributed by atoms with Crippen LogP contribution in [0.5, 0.6) is 5.75 Å². The molecule has 0 spiro atoms. The highest BCUT2D eigenvalue weighted by atomic mass is 79.9. The maximum absolute atomic E-state index is 5.40. The van der Waals surface area contributed by atoms with Crippen LogP contribution in [-0.4, -0.2) is 16.7 Å². The lowest BCUT2D eigenvalue weighted by Crippen LogP contribution is -1.96. The SMILES string of the molecule is COc1ccc(C)cc1Cc1nc(C)n(C)c1Br. The van der Waals surface area contributed by atoms with Gasteiger partial charge in [-0.3, -0.25) is 0 Å². The van der Waals surface area contributed by atoms with Crippen molar-refractivity contribution in [2.24, 2.45) is 7.05 Å². The van der Waals surface area contributed by atoms with Crippen LogP contribution in [0.15, 0.2) is 22.8 Å². The summed E-state index contributed by atoms with van der Waals surface area (Å²) in [4.78, 5) is 4.57. The Kier molecular flexibility index (Phi) is 3.76. The normalized spacial score (nSPS) is 10.7. The first kappa shape index (κ1) is 13.1. The summed E-state index contributed by atoms with van der Waals surface area (Å²) in [5, 5.41) is 0. The number of aromatic nitrogens is 2. The molecule has 1 aromatic carbocycles. The van der Waals surface area contributed by atoms with E-state index in [9.17, 15) is 0 Å². The lowest BCUT2D eigenvalue weighted by molar-refractivity contribution is 0.410. The molecule has 3 nitrogen and oxygen atoms in total. The van der Waals surface area contributed by atoms with E-state index in [0.29, 0.717) is 0 Å². The molecule has 0 saturated carbocycles. The molecule has 0 bridgehead atoms. The van der Waals surface area contributed by atoms with E-state index in [0.717, 1.165) is 33.9 Å². The number of hydrogen-bond donors (Lipinski definition) is 0. The quantitative estimate of drug-likeness (QED) is 0.869. The van der Waals surface area contributed by atoms with Crippen molar-refractivity contribution >= 4 is 15.9 Å². The molecule has 0 saturated heterocycles. The second kappa shape index (κ2) is 5.14. The molecular weight excluding hydrogens is 292 g/mol. The van der Waals surface area contributed by atoms with Gasteiger partial charge in [-0.05, 0) is 35.8 Å². The van der Waals surface area contributed by atoms with Crippen molar-refractivity contribution in [3.05, 3.63) is 45.4 Å². The third-order valence-electron chi connectivity index (χ3n) is 3.11. The molecule has 0 aliphatic carbocycles. The van der Waals surface area contributed by atoms with Crippen LogP contribution in [0.3, 0.4) is 0 Å². The molecule has 0 N–H and O–H groups in total. The third kappa shape index (κ3) is 2.43. The first-order valence-electron chi connectivity index (χ1n) is 5.84. The Morgan fingerprint density at radius 3 is 2.61 bits per heavy atom. The molecule has 0 fully saturated rings. The summed E-state index contributed by atoms with van der Waals surface area (Å²) in [6.45, 7) is 4.09. The Balaban J connectivity index is 2.39. The van der Waals surface area contributed by atoms with Crippen LogP contribution in [-0.2, 0) is 13.5 Å². The van der Waals surface area contributed by atoms with Gasteiger partial charge in [0.25, 0.3) is 0 Å². The van der Waals surface area contributed by atoms with E-state index >= 15 is 0 Å². The molecule has 0 aliphatic heterocycles. The predicted molar refractivity (Wildman–Crippen MR) is 76.2 cm³/mol. The van der Waals surface area contributed by atoms with Gasteiger partial charge in [-0.15, -0.1) is 0 Å². The lowest BCUT2D eigenvalue weighted by Gasteiger charge is -2.08. The first-order chi connectivity index (χ1) is 8.52. The van der Waals surface area contributed by atoms with E-state index in [1.807, 2.05) is 24.6 Å². The van der Waals surface area contributed by atoms with Gasteiger partial charge in [-0.2, -0.15) is 0 Å². The van der Waals surface area contributed by atoms with Gasteiger partial charge in [0.15, 0.2) is 0 Å². The van der Waals surface area contributed by atoms with Crippen LogP contribution in [0.4, 0.5) is 0 Å². The van der Waals surface area contributed by atoms with Crippen LogP contribution in [0, 0.1) is 13.8 Å². The smallest absolute Gasteiger partial charge is 0.122 e. The maximum Gasteiger partial charge on any atom is 0.122 e. The summed E-state index contributed by atoms with van der Waals surface area (Å²) in [6.07, 6.45) is 0.771. The summed E-state index contributed by atoms with van der Waals surface area (Å²) in [7, 11) is 3.70. The Hall–Kier alpha value is -1.29. The maximum atomic E-state index is 5.40. The Morgan fingerprint density at radius 1 is 1.33 bits per heavy atom. The number of imidazole rings is 1. The minimum atomic E-state index is 0.771. The van der Waals surface area contributed by atoms with Crippen LogP contribution >= 0.6 is 15.9 Å². The number of aryl methyl sites for hydroxylation is 2. The van der Waals surface area contributed by atoms with Crippen molar-refractivity contribution in [1.82, 2.24) is 9.55 Å². The van der Waals surface area contributed by atoms with Gasteiger partial charge in [0.05, 0.1) is 12.8 Å². The minimum absolute atomic E-state index is 0.771. The zero-order valence-corrected chi connectivity index (χ0v) is 12.7. The predicted octanol–water partition coefficient (Wildman–Crippen LogP) is 3.40. The van der Waals surface area contributed by atoms with E-state index in [4.69, 9.17) is 4.74 Å². The summed E-state index contributed by atoms with van der Waals surface area (Å²) >= 11 is 3.58. The monoisotopic (exact) mass is 308 g/mol. The Labute approximate surface area is 116 Å². The topological polar surface area (TPSA) is 27.1 Å². The third-order valence-corrected chi connectivity index (χ3v) is 4.10. The fourth-order valence-corrected chi connectivity index (χ4v) is 2.48. The highest BCUT2D eigenvalue weighted by Crippen LogP contribution is 2.26. The summed E-state index contributed by atoms with van der Waals surface area (Å²) in [5.41, 5.74) is 3.43. The van der Waals surface area contributed by atoms with E-state index in [2.05, 4.69) is 40.0 Å². The van der Waals surface area contributed by atoms with Gasteiger partial charge < -0.3 is 9.30 Å². The Bertz CT molecular complexity index is 575. The largest absolute Gasteiger partial charge is 0.496 e. The molecule has 1 aromatic heterocycles. The molecule has 0 amide bonds. The Morgan fingerprint density at radius 2 is 2.06 bits per heavy atom. The standard InChI is InChI=1S/C14H17BrN2O/c1-9-5-6-13(18-4)11(7-9)8-12-14(15)17(3)10(2)16-12/h5-7H,8H2,1-4H3. The van der Waals surface area contributed by atoms with Gasteiger partial charge in [-0.1, -0.05) is 17.7 Å². The summed E-state index contributed by atoms with van der Waals surface area (Å²) < 4.78 is 8.47. The van der Waals surface area contributed by atoms with Crippen LogP contribution in [0.25, 0.3) is 0 Å². The second-order valence-corrected chi connectivity index (χ2v) is 5.20. The van der Waals surface area contributed by atoms with Crippen LogP contribution < -0.4 is 4.74 Å². The molecule has 0 unspecified atom stereocenters. The van der Waals surface area contributed by atoms with Crippen molar-refractivity contribution < 1.29 is 4.74 Å². The molecule has 2 rings (SSSR count). The number of halogens is 1. The van der Waals surface area contributed by atoms with Gasteiger partial charge in [-0.25, -0.2) is 4.98 Å². The highest BCUT2D eigenvalue weighted by molar-refractivity contribution is 9.10. The molecule has 0 atom stereocenters. The molecule has 4 heteroatoms. The number of nitrogens with zero attached hydrogens (tertiary/aromatic N) is 2. The van der Waals surface area contributed by atoms with Gasteiger partial charge in [0, 0.05) is 19.0 Å². The van der Waals surface area contributed by atoms with Crippen molar-refractivity contribution in [2.75, 3.05) is 7.11 Å². The number of rotatable bonds is 3. The average molecular weight is 309 g/mol. The number of hydrogen-bond acceptors (Lipinski definition) is 2. The molecule has 0 aliphatic rings. The minimum Gasteiger partial charge on any atom is -0.496 e. The van der Waals surface area contributed by atoms with Crippen LogP contribution in [0.1, 0.15) is 22.6 Å². The van der Waals surface area contributed by atoms with Gasteiger partial charge >= 0.3 is 0 Å². The molecule has 0 radical (unpaired) electrons. The van der Waals surface area contributed by atoms with Crippen molar-refractivity contribution in [1.29, 1.82) is 0 Å². The second-order valence-electron chi connectivity index (χ2n) is 4.45. The first-order valence-corrected chi connectivity index (χ1v) is 6.63. The van der Waals surface area contributed by atoms with Crippen molar-refractivity contribution in [3.8, 4) is 5.75 Å². The number of ether oxygens (including phenoxy) is 1. The zero-order valence-electron chi connectivity index (χ0n) is 11.1. The van der Waals surface area contributed by atoms with E-state index in [1.54, 1.807) is 7.11 Å². The number of benzene rings is 1. The highest BCUT2D eigenvalue weighted by Gasteiger charge is 2.12. The number of methoxy groups -OCH3 is 1. The van der Waals surface area contributed by atoms with E-state index in [-0.39, 0.29) is 0 Å². The zero-order chi connectivity index (χ0) is 13.3. The molecule has 18 heavy (non-hydrogen) atoms. The van der Waals surface area contributed by atoms with E-state index < -0.39 is 0 Å². The fourth-order valence-electron chi connectivity index (χ4n) is 1.99. The van der Waals surface area contributed by atoms with Crippen LogP contribution in [0.2, 0.25) is 0 Å². The molecule has 1 heterocycles. The van der Waals surface area contributed by atoms with Gasteiger partial charge in [0.2, 0.25) is 0 Å². The summed E-state index contributed by atoms with van der Waals surface area (Å²) in [6, 6.07) is 6.21. The average Bonchev–Trinajstić information content (AvgIpc) is 2.57. The summed E-state index contributed by atoms with van der Waals surface area (Å²) in [5.74, 6) is 1.92.